The first-order chi connectivity index (χ1) is 13.5. The highest BCUT2D eigenvalue weighted by atomic mass is 16.5. The highest BCUT2D eigenvalue weighted by Crippen LogP contribution is 2.31. The van der Waals surface area contributed by atoms with Gasteiger partial charge in [-0.05, 0) is 43.2 Å². The van der Waals surface area contributed by atoms with E-state index in [1.807, 2.05) is 31.2 Å². The molecule has 0 bridgehead atoms. The van der Waals surface area contributed by atoms with Crippen molar-refractivity contribution >= 4 is 23.6 Å². The standard InChI is InChI=1S/C22H23NO5/c1-15-12-17-6-4-5-7-19(17)23(15)21(24)14-28-22(25)11-9-16-8-10-18(26-2)13-20(16)27-3/h4-11,13,15H,12,14H2,1-3H3/b11-9+/t15-/m0/s1. The van der Waals surface area contributed by atoms with Gasteiger partial charge in [0, 0.05) is 29.4 Å². The van der Waals surface area contributed by atoms with Crippen LogP contribution in [0.3, 0.4) is 0 Å². The van der Waals surface area contributed by atoms with Gasteiger partial charge in [0.25, 0.3) is 5.91 Å². The summed E-state index contributed by atoms with van der Waals surface area (Å²) in [5.74, 6) is 0.400. The van der Waals surface area contributed by atoms with Crippen LogP contribution in [0.15, 0.2) is 48.5 Å². The summed E-state index contributed by atoms with van der Waals surface area (Å²) in [6.45, 7) is 1.68. The number of ether oxygens (including phenoxy) is 3. The fourth-order valence-electron chi connectivity index (χ4n) is 3.31. The van der Waals surface area contributed by atoms with Crippen LogP contribution in [0, 0.1) is 0 Å². The fourth-order valence-corrected chi connectivity index (χ4v) is 3.31. The first kappa shape index (κ1) is 19.5. The van der Waals surface area contributed by atoms with E-state index in [9.17, 15) is 9.59 Å². The molecule has 0 unspecified atom stereocenters. The van der Waals surface area contributed by atoms with Crippen LogP contribution in [-0.2, 0) is 20.7 Å². The Labute approximate surface area is 164 Å². The van der Waals surface area contributed by atoms with Gasteiger partial charge in [0.1, 0.15) is 11.5 Å². The number of amides is 1. The van der Waals surface area contributed by atoms with Crippen molar-refractivity contribution < 1.29 is 23.8 Å². The molecular formula is C22H23NO5. The van der Waals surface area contributed by atoms with Gasteiger partial charge >= 0.3 is 5.97 Å². The Morgan fingerprint density at radius 2 is 1.93 bits per heavy atom. The number of anilines is 1. The Kier molecular flexibility index (Phi) is 5.99. The molecule has 1 aliphatic heterocycles. The molecule has 0 aromatic heterocycles. The number of nitrogens with zero attached hydrogens (tertiary/aromatic N) is 1. The lowest BCUT2D eigenvalue weighted by Crippen LogP contribution is -2.38. The molecule has 146 valence electrons. The van der Waals surface area contributed by atoms with E-state index in [-0.39, 0.29) is 18.6 Å². The maximum Gasteiger partial charge on any atom is 0.331 e. The van der Waals surface area contributed by atoms with Crippen LogP contribution in [0.5, 0.6) is 11.5 Å². The summed E-state index contributed by atoms with van der Waals surface area (Å²) < 4.78 is 15.6. The zero-order chi connectivity index (χ0) is 20.1. The number of benzene rings is 2. The lowest BCUT2D eigenvalue weighted by Gasteiger charge is -2.22. The van der Waals surface area contributed by atoms with Crippen molar-refractivity contribution in [2.75, 3.05) is 25.7 Å². The number of methoxy groups -OCH3 is 2. The van der Waals surface area contributed by atoms with Gasteiger partial charge in [-0.25, -0.2) is 4.79 Å². The molecule has 2 aromatic rings. The van der Waals surface area contributed by atoms with Crippen LogP contribution < -0.4 is 14.4 Å². The lowest BCUT2D eigenvalue weighted by atomic mass is 10.1. The van der Waals surface area contributed by atoms with Gasteiger partial charge in [-0.15, -0.1) is 0 Å². The van der Waals surface area contributed by atoms with Crippen LogP contribution in [0.2, 0.25) is 0 Å². The Morgan fingerprint density at radius 1 is 1.14 bits per heavy atom. The molecule has 0 saturated heterocycles. The summed E-state index contributed by atoms with van der Waals surface area (Å²) in [6.07, 6.45) is 3.66. The summed E-state index contributed by atoms with van der Waals surface area (Å²) in [4.78, 5) is 26.3. The molecule has 28 heavy (non-hydrogen) atoms. The van der Waals surface area contributed by atoms with E-state index in [0.717, 1.165) is 17.7 Å². The van der Waals surface area contributed by atoms with Gasteiger partial charge in [-0.3, -0.25) is 4.79 Å². The zero-order valence-corrected chi connectivity index (χ0v) is 16.2. The van der Waals surface area contributed by atoms with E-state index < -0.39 is 5.97 Å². The molecular weight excluding hydrogens is 358 g/mol. The Hall–Kier alpha value is -3.28. The molecule has 0 saturated carbocycles. The number of hydrogen-bond donors (Lipinski definition) is 0. The summed E-state index contributed by atoms with van der Waals surface area (Å²) in [7, 11) is 3.11. The largest absolute Gasteiger partial charge is 0.497 e. The van der Waals surface area contributed by atoms with Crippen molar-refractivity contribution in [2.45, 2.75) is 19.4 Å². The van der Waals surface area contributed by atoms with Crippen molar-refractivity contribution in [1.29, 1.82) is 0 Å². The zero-order valence-electron chi connectivity index (χ0n) is 16.2. The third kappa shape index (κ3) is 4.17. The van der Waals surface area contributed by atoms with Gasteiger partial charge in [0.05, 0.1) is 14.2 Å². The lowest BCUT2D eigenvalue weighted by molar-refractivity contribution is -0.143. The van der Waals surface area contributed by atoms with Crippen LogP contribution in [0.4, 0.5) is 5.69 Å². The average molecular weight is 381 g/mol. The maximum atomic E-state index is 12.6. The van der Waals surface area contributed by atoms with Crippen molar-refractivity contribution in [3.8, 4) is 11.5 Å². The van der Waals surface area contributed by atoms with Crippen LogP contribution in [0.1, 0.15) is 18.1 Å². The molecule has 0 radical (unpaired) electrons. The van der Waals surface area contributed by atoms with Gasteiger partial charge in [0.15, 0.2) is 6.61 Å². The molecule has 2 aromatic carbocycles. The Morgan fingerprint density at radius 3 is 2.68 bits per heavy atom. The van der Waals surface area contributed by atoms with Gasteiger partial charge in [-0.1, -0.05) is 18.2 Å². The van der Waals surface area contributed by atoms with Crippen LogP contribution >= 0.6 is 0 Å². The molecule has 6 heteroatoms. The molecule has 0 spiro atoms. The molecule has 0 N–H and O–H groups in total. The minimum Gasteiger partial charge on any atom is -0.497 e. The normalized spacial score (nSPS) is 15.4. The van der Waals surface area contributed by atoms with E-state index in [1.54, 1.807) is 36.3 Å². The molecule has 1 heterocycles. The second kappa shape index (κ2) is 8.61. The van der Waals surface area contributed by atoms with E-state index >= 15 is 0 Å². The number of esters is 1. The molecule has 3 rings (SSSR count). The number of para-hydroxylation sites is 1. The van der Waals surface area contributed by atoms with Crippen molar-refractivity contribution in [3.05, 3.63) is 59.7 Å². The van der Waals surface area contributed by atoms with Crippen LogP contribution in [0.25, 0.3) is 6.08 Å². The average Bonchev–Trinajstić information content (AvgIpc) is 3.05. The third-order valence-electron chi connectivity index (χ3n) is 4.65. The van der Waals surface area contributed by atoms with Crippen LogP contribution in [-0.4, -0.2) is 38.7 Å². The first-order valence-corrected chi connectivity index (χ1v) is 9.00. The number of carbonyl (C=O) groups is 2. The molecule has 6 nitrogen and oxygen atoms in total. The second-order valence-electron chi connectivity index (χ2n) is 6.49. The number of rotatable bonds is 6. The van der Waals surface area contributed by atoms with E-state index in [4.69, 9.17) is 14.2 Å². The van der Waals surface area contributed by atoms with Gasteiger partial charge < -0.3 is 19.1 Å². The summed E-state index contributed by atoms with van der Waals surface area (Å²) in [5, 5.41) is 0. The van der Waals surface area contributed by atoms with Crippen molar-refractivity contribution in [2.24, 2.45) is 0 Å². The van der Waals surface area contributed by atoms with Crippen molar-refractivity contribution in [3.63, 3.8) is 0 Å². The van der Waals surface area contributed by atoms with E-state index in [2.05, 4.69) is 0 Å². The monoisotopic (exact) mass is 381 g/mol. The Balaban J connectivity index is 1.60. The topological polar surface area (TPSA) is 65.1 Å². The number of carbonyl (C=O) groups excluding carboxylic acids is 2. The first-order valence-electron chi connectivity index (χ1n) is 9.00. The second-order valence-corrected chi connectivity index (χ2v) is 6.49. The molecule has 0 fully saturated rings. The van der Waals surface area contributed by atoms with E-state index in [0.29, 0.717) is 17.1 Å². The summed E-state index contributed by atoms with van der Waals surface area (Å²) in [5.41, 5.74) is 2.71. The predicted molar refractivity (Wildman–Crippen MR) is 107 cm³/mol. The SMILES string of the molecule is COc1ccc(/C=C/C(=O)OCC(=O)N2c3ccccc3C[C@@H]2C)c(OC)c1. The van der Waals surface area contributed by atoms with E-state index in [1.165, 1.54) is 13.2 Å². The number of hydrogen-bond acceptors (Lipinski definition) is 5. The quantitative estimate of drug-likeness (QED) is 0.568. The predicted octanol–water partition coefficient (Wildman–Crippen LogP) is 3.24. The minimum atomic E-state index is -0.591. The molecule has 1 atom stereocenters. The highest BCUT2D eigenvalue weighted by molar-refractivity contribution is 5.98. The molecule has 1 amide bonds. The Bertz CT molecular complexity index is 906. The van der Waals surface area contributed by atoms with Crippen molar-refractivity contribution in [1.82, 2.24) is 0 Å². The minimum absolute atomic E-state index is 0.0442. The fraction of sp³-hybridized carbons (Fsp3) is 0.273. The van der Waals surface area contributed by atoms with Gasteiger partial charge in [-0.2, -0.15) is 0 Å². The summed E-state index contributed by atoms with van der Waals surface area (Å²) >= 11 is 0. The molecule has 1 aliphatic rings. The van der Waals surface area contributed by atoms with Gasteiger partial charge in [0.2, 0.25) is 0 Å². The summed E-state index contributed by atoms with van der Waals surface area (Å²) in [6, 6.07) is 13.1. The molecule has 0 aliphatic carbocycles. The maximum absolute atomic E-state index is 12.6. The number of fused-ring (bicyclic) bond motifs is 1. The smallest absolute Gasteiger partial charge is 0.331 e. The third-order valence-corrected chi connectivity index (χ3v) is 4.65. The highest BCUT2D eigenvalue weighted by Gasteiger charge is 2.30.